The summed E-state index contributed by atoms with van der Waals surface area (Å²) in [5.74, 6) is -0.856. The van der Waals surface area contributed by atoms with Crippen molar-refractivity contribution in [2.24, 2.45) is 5.92 Å². The Morgan fingerprint density at radius 1 is 1.41 bits per heavy atom. The first-order chi connectivity index (χ1) is 10.3. The Labute approximate surface area is 133 Å². The summed E-state index contributed by atoms with van der Waals surface area (Å²) in [6, 6.07) is 4.00. The number of carbonyl (C=O) groups is 3. The third-order valence-corrected chi connectivity index (χ3v) is 3.89. The van der Waals surface area contributed by atoms with E-state index in [-0.39, 0.29) is 18.4 Å². The van der Waals surface area contributed by atoms with Gasteiger partial charge >= 0.3 is 6.03 Å². The summed E-state index contributed by atoms with van der Waals surface area (Å²) < 4.78 is 0. The highest BCUT2D eigenvalue weighted by Gasteiger charge is 2.40. The first-order valence-corrected chi connectivity index (χ1v) is 7.35. The Morgan fingerprint density at radius 3 is 2.64 bits per heavy atom. The van der Waals surface area contributed by atoms with Crippen molar-refractivity contribution in [1.29, 1.82) is 0 Å². The van der Waals surface area contributed by atoms with E-state index in [1.54, 1.807) is 18.2 Å². The molecule has 0 aromatic heterocycles. The van der Waals surface area contributed by atoms with E-state index in [1.807, 2.05) is 20.8 Å². The van der Waals surface area contributed by atoms with Crippen LogP contribution in [0.25, 0.3) is 0 Å². The summed E-state index contributed by atoms with van der Waals surface area (Å²) in [7, 11) is 0. The molecule has 7 heteroatoms. The monoisotopic (exact) mass is 323 g/mol. The van der Waals surface area contributed by atoms with Gasteiger partial charge in [-0.3, -0.25) is 14.5 Å². The van der Waals surface area contributed by atoms with Crippen molar-refractivity contribution in [2.45, 2.75) is 26.8 Å². The molecule has 22 heavy (non-hydrogen) atoms. The largest absolute Gasteiger partial charge is 0.326 e. The van der Waals surface area contributed by atoms with Gasteiger partial charge in [0.1, 0.15) is 12.6 Å². The summed E-state index contributed by atoms with van der Waals surface area (Å²) in [5, 5.41) is 5.73. The van der Waals surface area contributed by atoms with Gasteiger partial charge in [-0.15, -0.1) is 0 Å². The highest BCUT2D eigenvalue weighted by Crippen LogP contribution is 2.20. The zero-order valence-electron chi connectivity index (χ0n) is 12.6. The van der Waals surface area contributed by atoms with Gasteiger partial charge in [-0.1, -0.05) is 31.5 Å². The molecule has 2 N–H and O–H groups in total. The lowest BCUT2D eigenvalue weighted by Crippen LogP contribution is -2.39. The second-order valence-electron chi connectivity index (χ2n) is 5.61. The molecule has 0 bridgehead atoms. The molecule has 2 rings (SSSR count). The van der Waals surface area contributed by atoms with Crippen LogP contribution in [0, 0.1) is 12.8 Å². The molecule has 0 radical (unpaired) electrons. The van der Waals surface area contributed by atoms with Crippen LogP contribution in [0.3, 0.4) is 0 Å². The number of rotatable bonds is 4. The Hall–Kier alpha value is -2.08. The average Bonchev–Trinajstić information content (AvgIpc) is 2.71. The van der Waals surface area contributed by atoms with Crippen molar-refractivity contribution in [3.8, 4) is 0 Å². The van der Waals surface area contributed by atoms with Gasteiger partial charge < -0.3 is 10.6 Å². The van der Waals surface area contributed by atoms with Gasteiger partial charge in [-0.25, -0.2) is 4.79 Å². The number of imide groups is 1. The number of nitrogens with zero attached hydrogens (tertiary/aromatic N) is 1. The van der Waals surface area contributed by atoms with Crippen LogP contribution in [0.4, 0.5) is 10.5 Å². The number of benzene rings is 1. The second-order valence-corrected chi connectivity index (χ2v) is 6.01. The van der Waals surface area contributed by atoms with Crippen molar-refractivity contribution >= 4 is 35.1 Å². The smallest absolute Gasteiger partial charge is 0.325 e. The number of anilines is 1. The molecule has 1 atom stereocenters. The topological polar surface area (TPSA) is 78.5 Å². The van der Waals surface area contributed by atoms with E-state index >= 15 is 0 Å². The maximum atomic E-state index is 12.1. The van der Waals surface area contributed by atoms with E-state index < -0.39 is 18.0 Å². The second kappa shape index (κ2) is 6.36. The van der Waals surface area contributed by atoms with Gasteiger partial charge in [-0.2, -0.15) is 0 Å². The van der Waals surface area contributed by atoms with E-state index in [4.69, 9.17) is 11.6 Å². The lowest BCUT2D eigenvalue weighted by atomic mass is 10.1. The van der Waals surface area contributed by atoms with Crippen LogP contribution in [0.5, 0.6) is 0 Å². The number of hydrogen-bond acceptors (Lipinski definition) is 3. The predicted octanol–water partition coefficient (Wildman–Crippen LogP) is 2.16. The molecule has 4 amide bonds. The molecular weight excluding hydrogens is 306 g/mol. The maximum Gasteiger partial charge on any atom is 0.325 e. The number of hydrogen-bond donors (Lipinski definition) is 2. The molecule has 0 saturated carbocycles. The van der Waals surface area contributed by atoms with Crippen molar-refractivity contribution < 1.29 is 14.4 Å². The Kier molecular flexibility index (Phi) is 4.71. The molecule has 1 aromatic rings. The van der Waals surface area contributed by atoms with Gasteiger partial charge in [0.25, 0.3) is 5.91 Å². The molecule has 1 fully saturated rings. The molecule has 1 saturated heterocycles. The Morgan fingerprint density at radius 2 is 2.09 bits per heavy atom. The molecule has 0 aliphatic carbocycles. The van der Waals surface area contributed by atoms with Crippen molar-refractivity contribution in [2.75, 3.05) is 11.9 Å². The number of aryl methyl sites for hydroxylation is 1. The highest BCUT2D eigenvalue weighted by atomic mass is 35.5. The van der Waals surface area contributed by atoms with Crippen LogP contribution < -0.4 is 10.6 Å². The number of amides is 4. The fraction of sp³-hybridized carbons (Fsp3) is 0.400. The molecule has 1 aliphatic rings. The van der Waals surface area contributed by atoms with E-state index in [9.17, 15) is 14.4 Å². The van der Waals surface area contributed by atoms with E-state index in [0.29, 0.717) is 10.7 Å². The van der Waals surface area contributed by atoms with Crippen LogP contribution in [0.15, 0.2) is 18.2 Å². The van der Waals surface area contributed by atoms with Crippen molar-refractivity contribution in [1.82, 2.24) is 10.2 Å². The van der Waals surface area contributed by atoms with Gasteiger partial charge in [-0.05, 0) is 30.5 Å². The van der Waals surface area contributed by atoms with E-state index in [2.05, 4.69) is 10.6 Å². The lowest BCUT2D eigenvalue weighted by molar-refractivity contribution is -0.131. The summed E-state index contributed by atoms with van der Waals surface area (Å²) in [6.07, 6.45) is 0. The normalized spacial score (nSPS) is 17.9. The van der Waals surface area contributed by atoms with Gasteiger partial charge in [0, 0.05) is 10.7 Å². The van der Waals surface area contributed by atoms with Crippen LogP contribution >= 0.6 is 11.6 Å². The molecule has 118 valence electrons. The maximum absolute atomic E-state index is 12.1. The highest BCUT2D eigenvalue weighted by molar-refractivity contribution is 6.31. The number of carbonyl (C=O) groups excluding carboxylic acids is 3. The van der Waals surface area contributed by atoms with E-state index in [1.165, 1.54) is 0 Å². The predicted molar refractivity (Wildman–Crippen MR) is 83.7 cm³/mol. The van der Waals surface area contributed by atoms with Crippen LogP contribution in [0.2, 0.25) is 5.02 Å². The molecule has 1 heterocycles. The first kappa shape index (κ1) is 16.3. The Balaban J connectivity index is 2.01. The molecule has 1 aromatic carbocycles. The van der Waals surface area contributed by atoms with Gasteiger partial charge in [0.2, 0.25) is 5.91 Å². The van der Waals surface area contributed by atoms with E-state index in [0.717, 1.165) is 10.5 Å². The molecule has 0 spiro atoms. The zero-order valence-corrected chi connectivity index (χ0v) is 13.4. The SMILES string of the molecule is Cc1ccc(NC(=O)CN2C(=O)N[C@H](C(C)C)C2=O)cc1Cl. The van der Waals surface area contributed by atoms with Crippen molar-refractivity contribution in [3.05, 3.63) is 28.8 Å². The summed E-state index contributed by atoms with van der Waals surface area (Å²) in [6.45, 7) is 5.20. The zero-order chi connectivity index (χ0) is 16.4. The van der Waals surface area contributed by atoms with Crippen LogP contribution in [-0.2, 0) is 9.59 Å². The average molecular weight is 324 g/mol. The summed E-state index contributed by atoms with van der Waals surface area (Å²) in [5.41, 5.74) is 1.42. The quantitative estimate of drug-likeness (QED) is 0.833. The lowest BCUT2D eigenvalue weighted by Gasteiger charge is -2.14. The van der Waals surface area contributed by atoms with Gasteiger partial charge in [0.15, 0.2) is 0 Å². The third kappa shape index (κ3) is 3.39. The minimum atomic E-state index is -0.575. The summed E-state index contributed by atoms with van der Waals surface area (Å²) >= 11 is 5.99. The fourth-order valence-electron chi connectivity index (χ4n) is 2.16. The minimum Gasteiger partial charge on any atom is -0.326 e. The number of urea groups is 1. The molecule has 0 unspecified atom stereocenters. The molecule has 1 aliphatic heterocycles. The number of nitrogens with one attached hydrogen (secondary N) is 2. The molecular formula is C15H18ClN3O3. The fourth-order valence-corrected chi connectivity index (χ4v) is 2.34. The summed E-state index contributed by atoms with van der Waals surface area (Å²) in [4.78, 5) is 36.8. The van der Waals surface area contributed by atoms with Crippen LogP contribution in [-0.4, -0.2) is 35.3 Å². The third-order valence-electron chi connectivity index (χ3n) is 3.48. The van der Waals surface area contributed by atoms with Crippen molar-refractivity contribution in [3.63, 3.8) is 0 Å². The van der Waals surface area contributed by atoms with Gasteiger partial charge in [0.05, 0.1) is 0 Å². The van der Waals surface area contributed by atoms with Crippen LogP contribution in [0.1, 0.15) is 19.4 Å². The first-order valence-electron chi connectivity index (χ1n) is 6.97. The Bertz CT molecular complexity index is 630. The number of halogens is 1. The molecule has 6 nitrogen and oxygen atoms in total. The standard InChI is InChI=1S/C15H18ClN3O3/c1-8(2)13-14(21)19(15(22)18-13)7-12(20)17-10-5-4-9(3)11(16)6-10/h4-6,8,13H,7H2,1-3H3,(H,17,20)(H,18,22)/t13-/m1/s1. The minimum absolute atomic E-state index is 0.0274.